The van der Waals surface area contributed by atoms with E-state index in [1.807, 2.05) is 30.3 Å². The minimum Gasteiger partial charge on any atom is -0.452 e. The van der Waals surface area contributed by atoms with Crippen LogP contribution in [0.4, 0.5) is 17.1 Å². The number of anilines is 3. The molecule has 0 saturated carbocycles. The van der Waals surface area contributed by atoms with Crippen molar-refractivity contribution in [2.75, 3.05) is 22.6 Å². The third-order valence-corrected chi connectivity index (χ3v) is 4.99. The number of rotatable bonds is 6. The van der Waals surface area contributed by atoms with Crippen LogP contribution in [0, 0.1) is 0 Å². The molecule has 0 atom stereocenters. The molecule has 0 aromatic heterocycles. The standard InChI is InChI=1S/C22H17Cl2N3O3S/c23-17-7-4-8-18(20(17)24)27-19(28)13-30-21(29)14-9-11-16(12-10-14)26-22(31)25-15-5-2-1-3-6-15/h1-12H,13H2,(H,27,28)(H2,25,26,31). The summed E-state index contributed by atoms with van der Waals surface area (Å²) >= 11 is 17.2. The minimum atomic E-state index is -0.635. The highest BCUT2D eigenvalue weighted by Crippen LogP contribution is 2.29. The summed E-state index contributed by atoms with van der Waals surface area (Å²) < 4.78 is 5.05. The second-order valence-corrected chi connectivity index (χ2v) is 7.44. The SMILES string of the molecule is O=C(COC(=O)c1ccc(NC(=S)Nc2ccccc2)cc1)Nc1cccc(Cl)c1Cl. The molecular weight excluding hydrogens is 457 g/mol. The average Bonchev–Trinajstić information content (AvgIpc) is 2.76. The molecule has 0 heterocycles. The van der Waals surface area contributed by atoms with Gasteiger partial charge < -0.3 is 20.7 Å². The molecule has 0 fully saturated rings. The molecule has 3 rings (SSSR count). The van der Waals surface area contributed by atoms with Crippen LogP contribution >= 0.6 is 35.4 Å². The number of nitrogens with one attached hydrogen (secondary N) is 3. The van der Waals surface area contributed by atoms with E-state index in [1.165, 1.54) is 0 Å². The Morgan fingerprint density at radius 2 is 1.45 bits per heavy atom. The summed E-state index contributed by atoms with van der Waals surface area (Å²) in [5.41, 5.74) is 2.18. The zero-order chi connectivity index (χ0) is 22.2. The minimum absolute atomic E-state index is 0.214. The normalized spacial score (nSPS) is 10.1. The number of para-hydroxylation sites is 1. The first-order valence-corrected chi connectivity index (χ1v) is 10.2. The van der Waals surface area contributed by atoms with Gasteiger partial charge in [0.1, 0.15) is 0 Å². The third kappa shape index (κ3) is 6.68. The number of hydrogen-bond donors (Lipinski definition) is 3. The maximum atomic E-state index is 12.2. The monoisotopic (exact) mass is 473 g/mol. The maximum absolute atomic E-state index is 12.2. The van der Waals surface area contributed by atoms with Crippen molar-refractivity contribution in [2.45, 2.75) is 0 Å². The lowest BCUT2D eigenvalue weighted by atomic mass is 10.2. The predicted octanol–water partition coefficient (Wildman–Crippen LogP) is 5.60. The van der Waals surface area contributed by atoms with Crippen LogP contribution in [0.5, 0.6) is 0 Å². The van der Waals surface area contributed by atoms with E-state index in [9.17, 15) is 9.59 Å². The van der Waals surface area contributed by atoms with Gasteiger partial charge in [0.25, 0.3) is 5.91 Å². The van der Waals surface area contributed by atoms with Gasteiger partial charge >= 0.3 is 5.97 Å². The van der Waals surface area contributed by atoms with Crippen LogP contribution in [0.3, 0.4) is 0 Å². The molecule has 0 radical (unpaired) electrons. The molecule has 1 amide bonds. The molecule has 158 valence electrons. The van der Waals surface area contributed by atoms with Crippen molar-refractivity contribution in [2.24, 2.45) is 0 Å². The first-order chi connectivity index (χ1) is 14.9. The summed E-state index contributed by atoms with van der Waals surface area (Å²) in [6, 6.07) is 20.8. The van der Waals surface area contributed by atoms with Gasteiger partial charge in [-0.3, -0.25) is 4.79 Å². The quantitative estimate of drug-likeness (QED) is 0.319. The van der Waals surface area contributed by atoms with Crippen molar-refractivity contribution in [1.29, 1.82) is 0 Å². The largest absolute Gasteiger partial charge is 0.452 e. The van der Waals surface area contributed by atoms with Gasteiger partial charge in [-0.1, -0.05) is 47.5 Å². The highest BCUT2D eigenvalue weighted by molar-refractivity contribution is 7.80. The van der Waals surface area contributed by atoms with Crippen LogP contribution in [-0.4, -0.2) is 23.6 Å². The van der Waals surface area contributed by atoms with Crippen LogP contribution in [-0.2, 0) is 9.53 Å². The van der Waals surface area contributed by atoms with Crippen molar-refractivity contribution in [3.63, 3.8) is 0 Å². The van der Waals surface area contributed by atoms with E-state index in [4.69, 9.17) is 40.2 Å². The lowest BCUT2D eigenvalue weighted by Crippen LogP contribution is -2.21. The van der Waals surface area contributed by atoms with Crippen LogP contribution in [0.15, 0.2) is 72.8 Å². The summed E-state index contributed by atoms with van der Waals surface area (Å²) in [5, 5.41) is 9.56. The van der Waals surface area contributed by atoms with E-state index in [0.29, 0.717) is 27.1 Å². The highest BCUT2D eigenvalue weighted by Gasteiger charge is 2.12. The molecule has 0 spiro atoms. The zero-order valence-electron chi connectivity index (χ0n) is 16.0. The third-order valence-electron chi connectivity index (χ3n) is 3.97. The van der Waals surface area contributed by atoms with E-state index in [1.54, 1.807) is 42.5 Å². The van der Waals surface area contributed by atoms with E-state index >= 15 is 0 Å². The number of hydrogen-bond acceptors (Lipinski definition) is 4. The van der Waals surface area contributed by atoms with E-state index in [2.05, 4.69) is 16.0 Å². The Balaban J connectivity index is 1.49. The van der Waals surface area contributed by atoms with Crippen LogP contribution in [0.1, 0.15) is 10.4 Å². The van der Waals surface area contributed by atoms with Crippen LogP contribution in [0.25, 0.3) is 0 Å². The van der Waals surface area contributed by atoms with Crippen molar-refractivity contribution in [1.82, 2.24) is 0 Å². The fourth-order valence-electron chi connectivity index (χ4n) is 2.51. The number of thiocarbonyl (C=S) groups is 1. The summed E-state index contributed by atoms with van der Waals surface area (Å²) in [7, 11) is 0. The molecular formula is C22H17Cl2N3O3S. The topological polar surface area (TPSA) is 79.5 Å². The number of halogens is 2. The first-order valence-electron chi connectivity index (χ1n) is 9.06. The van der Waals surface area contributed by atoms with Gasteiger partial charge in [0, 0.05) is 11.4 Å². The number of esters is 1. The number of benzene rings is 3. The molecule has 0 aliphatic rings. The summed E-state index contributed by atoms with van der Waals surface area (Å²) in [6.07, 6.45) is 0. The fourth-order valence-corrected chi connectivity index (χ4v) is 3.09. The van der Waals surface area contributed by atoms with Gasteiger partial charge in [-0.05, 0) is 60.7 Å². The first kappa shape index (κ1) is 22.6. The Kier molecular flexibility index (Phi) is 7.83. The molecule has 3 aromatic rings. The lowest BCUT2D eigenvalue weighted by molar-refractivity contribution is -0.119. The van der Waals surface area contributed by atoms with E-state index < -0.39 is 18.5 Å². The smallest absolute Gasteiger partial charge is 0.338 e. The molecule has 0 unspecified atom stereocenters. The summed E-state index contributed by atoms with van der Waals surface area (Å²) in [5.74, 6) is -1.17. The van der Waals surface area contributed by atoms with Crippen molar-refractivity contribution < 1.29 is 14.3 Å². The number of carbonyl (C=O) groups is 2. The molecule has 0 bridgehead atoms. The van der Waals surface area contributed by atoms with Gasteiger partial charge in [0.2, 0.25) is 0 Å². The number of ether oxygens (including phenoxy) is 1. The predicted molar refractivity (Wildman–Crippen MR) is 128 cm³/mol. The second-order valence-electron chi connectivity index (χ2n) is 6.25. The van der Waals surface area contributed by atoms with Gasteiger partial charge in [-0.25, -0.2) is 4.79 Å². The Morgan fingerprint density at radius 1 is 0.806 bits per heavy atom. The van der Waals surface area contributed by atoms with Crippen molar-refractivity contribution in [3.8, 4) is 0 Å². The van der Waals surface area contributed by atoms with E-state index in [0.717, 1.165) is 5.69 Å². The van der Waals surface area contributed by atoms with Gasteiger partial charge in [-0.2, -0.15) is 0 Å². The molecule has 6 nitrogen and oxygen atoms in total. The second kappa shape index (κ2) is 10.8. The Bertz CT molecular complexity index is 1090. The Morgan fingerprint density at radius 3 is 2.13 bits per heavy atom. The molecule has 0 aliphatic heterocycles. The molecule has 0 aliphatic carbocycles. The molecule has 9 heteroatoms. The van der Waals surface area contributed by atoms with E-state index in [-0.39, 0.29) is 5.02 Å². The Hall–Kier alpha value is -3.13. The van der Waals surface area contributed by atoms with Crippen LogP contribution in [0.2, 0.25) is 10.0 Å². The highest BCUT2D eigenvalue weighted by atomic mass is 35.5. The lowest BCUT2D eigenvalue weighted by Gasteiger charge is -2.11. The number of carbonyl (C=O) groups excluding carboxylic acids is 2. The molecule has 31 heavy (non-hydrogen) atoms. The van der Waals surface area contributed by atoms with Crippen LogP contribution < -0.4 is 16.0 Å². The summed E-state index contributed by atoms with van der Waals surface area (Å²) in [6.45, 7) is -0.466. The molecule has 3 aromatic carbocycles. The van der Waals surface area contributed by atoms with Gasteiger partial charge in [-0.15, -0.1) is 0 Å². The number of amides is 1. The zero-order valence-corrected chi connectivity index (χ0v) is 18.4. The van der Waals surface area contributed by atoms with Crippen molar-refractivity contribution >= 4 is 69.5 Å². The molecule has 3 N–H and O–H groups in total. The fraction of sp³-hybridized carbons (Fsp3) is 0.0455. The maximum Gasteiger partial charge on any atom is 0.338 e. The van der Waals surface area contributed by atoms with Gasteiger partial charge in [0.15, 0.2) is 11.7 Å². The van der Waals surface area contributed by atoms with Crippen molar-refractivity contribution in [3.05, 3.63) is 88.4 Å². The Labute approximate surface area is 194 Å². The average molecular weight is 474 g/mol. The molecule has 0 saturated heterocycles. The summed E-state index contributed by atoms with van der Waals surface area (Å²) in [4.78, 5) is 24.2. The van der Waals surface area contributed by atoms with Gasteiger partial charge in [0.05, 0.1) is 21.3 Å².